The zero-order valence-corrected chi connectivity index (χ0v) is 16.6. The standard InChI is InChI=1S/C21H22N4O4/c1-21(2,3)20-22-9-13-10-24(7-6-17(13)23-20)11-14-12-29-18-5-4-15(25(27)28)8-16(18)19(14)26/h4-5,8-9,12H,6-7,10-11H2,1-3H3. The van der Waals surface area contributed by atoms with Crippen LogP contribution in [0.3, 0.4) is 0 Å². The third kappa shape index (κ3) is 3.75. The van der Waals surface area contributed by atoms with Crippen LogP contribution in [-0.2, 0) is 24.9 Å². The summed E-state index contributed by atoms with van der Waals surface area (Å²) in [7, 11) is 0. The molecule has 0 amide bonds. The summed E-state index contributed by atoms with van der Waals surface area (Å²) in [6.07, 6.45) is 4.11. The van der Waals surface area contributed by atoms with Crippen molar-refractivity contribution < 1.29 is 9.34 Å². The molecular formula is C21H22N4O4. The lowest BCUT2D eigenvalue weighted by Gasteiger charge is -2.28. The van der Waals surface area contributed by atoms with Gasteiger partial charge in [-0.15, -0.1) is 0 Å². The summed E-state index contributed by atoms with van der Waals surface area (Å²) >= 11 is 0. The molecule has 0 bridgehead atoms. The summed E-state index contributed by atoms with van der Waals surface area (Å²) in [4.78, 5) is 34.7. The molecule has 8 heteroatoms. The largest absolute Gasteiger partial charge is 0.464 e. The van der Waals surface area contributed by atoms with Crippen LogP contribution < -0.4 is 5.43 Å². The van der Waals surface area contributed by atoms with E-state index >= 15 is 0 Å². The van der Waals surface area contributed by atoms with Gasteiger partial charge >= 0.3 is 0 Å². The van der Waals surface area contributed by atoms with Crippen molar-refractivity contribution in [2.24, 2.45) is 0 Å². The van der Waals surface area contributed by atoms with E-state index in [9.17, 15) is 14.9 Å². The number of hydrogen-bond acceptors (Lipinski definition) is 7. The summed E-state index contributed by atoms with van der Waals surface area (Å²) in [5.41, 5.74) is 2.48. The topological polar surface area (TPSA) is 102 Å². The molecule has 2 aromatic heterocycles. The zero-order chi connectivity index (χ0) is 20.8. The SMILES string of the molecule is CC(C)(C)c1ncc2c(n1)CCN(Cc1coc3ccc([N+](=O)[O-])cc3c1=O)C2. The number of rotatable bonds is 3. The van der Waals surface area contributed by atoms with Gasteiger partial charge in [0.25, 0.3) is 5.69 Å². The molecule has 3 aromatic rings. The first-order chi connectivity index (χ1) is 13.7. The van der Waals surface area contributed by atoms with Gasteiger partial charge in [-0.05, 0) is 6.07 Å². The van der Waals surface area contributed by atoms with Crippen molar-refractivity contribution in [1.29, 1.82) is 0 Å². The number of benzene rings is 1. The Morgan fingerprint density at radius 1 is 1.31 bits per heavy atom. The third-order valence-electron chi connectivity index (χ3n) is 5.12. The van der Waals surface area contributed by atoms with Gasteiger partial charge in [0.05, 0.1) is 16.6 Å². The molecule has 29 heavy (non-hydrogen) atoms. The van der Waals surface area contributed by atoms with E-state index in [1.807, 2.05) is 6.20 Å². The van der Waals surface area contributed by atoms with Crippen LogP contribution in [-0.4, -0.2) is 26.3 Å². The van der Waals surface area contributed by atoms with Crippen LogP contribution in [0.25, 0.3) is 11.0 Å². The van der Waals surface area contributed by atoms with Gasteiger partial charge < -0.3 is 4.42 Å². The summed E-state index contributed by atoms with van der Waals surface area (Å²) in [5.74, 6) is 0.835. The Bertz CT molecular complexity index is 1160. The summed E-state index contributed by atoms with van der Waals surface area (Å²) in [6, 6.07) is 4.07. The van der Waals surface area contributed by atoms with E-state index in [2.05, 4.69) is 30.7 Å². The number of nitro benzene ring substituents is 1. The molecule has 0 unspecified atom stereocenters. The lowest BCUT2D eigenvalue weighted by atomic mass is 9.95. The Morgan fingerprint density at radius 2 is 2.10 bits per heavy atom. The quantitative estimate of drug-likeness (QED) is 0.496. The maximum atomic E-state index is 12.8. The molecule has 1 aliphatic heterocycles. The minimum atomic E-state index is -0.515. The smallest absolute Gasteiger partial charge is 0.270 e. The fraction of sp³-hybridized carbons (Fsp3) is 0.381. The second-order valence-electron chi connectivity index (χ2n) is 8.40. The summed E-state index contributed by atoms with van der Waals surface area (Å²) in [6.45, 7) is 8.08. The van der Waals surface area contributed by atoms with Gasteiger partial charge in [-0.3, -0.25) is 19.8 Å². The molecule has 0 aliphatic carbocycles. The van der Waals surface area contributed by atoms with E-state index in [4.69, 9.17) is 9.40 Å². The zero-order valence-electron chi connectivity index (χ0n) is 16.6. The van der Waals surface area contributed by atoms with Gasteiger partial charge in [0.2, 0.25) is 0 Å². The second-order valence-corrected chi connectivity index (χ2v) is 8.40. The van der Waals surface area contributed by atoms with Gasteiger partial charge in [0, 0.05) is 66.6 Å². The van der Waals surface area contributed by atoms with Crippen molar-refractivity contribution in [2.45, 2.75) is 45.7 Å². The van der Waals surface area contributed by atoms with Gasteiger partial charge in [0.1, 0.15) is 11.4 Å². The number of hydrogen-bond donors (Lipinski definition) is 0. The van der Waals surface area contributed by atoms with E-state index in [-0.39, 0.29) is 21.9 Å². The van der Waals surface area contributed by atoms with Crippen LogP contribution >= 0.6 is 0 Å². The minimum Gasteiger partial charge on any atom is -0.464 e. The molecule has 150 valence electrons. The normalized spacial score (nSPS) is 14.7. The van der Waals surface area contributed by atoms with Crippen LogP contribution in [0.2, 0.25) is 0 Å². The van der Waals surface area contributed by atoms with Crippen LogP contribution in [0, 0.1) is 10.1 Å². The average molecular weight is 394 g/mol. The Balaban J connectivity index is 1.59. The highest BCUT2D eigenvalue weighted by Crippen LogP contribution is 2.24. The summed E-state index contributed by atoms with van der Waals surface area (Å²) in [5, 5.41) is 11.2. The molecule has 0 spiro atoms. The van der Waals surface area contributed by atoms with E-state index in [0.29, 0.717) is 24.2 Å². The molecule has 0 atom stereocenters. The predicted molar refractivity (Wildman–Crippen MR) is 108 cm³/mol. The lowest BCUT2D eigenvalue weighted by molar-refractivity contribution is -0.384. The number of aromatic nitrogens is 2. The van der Waals surface area contributed by atoms with Crippen molar-refractivity contribution in [3.05, 3.63) is 73.6 Å². The molecule has 0 saturated heterocycles. The molecular weight excluding hydrogens is 372 g/mol. The minimum absolute atomic E-state index is 0.0984. The first-order valence-corrected chi connectivity index (χ1v) is 9.49. The number of nitro groups is 1. The van der Waals surface area contributed by atoms with E-state index < -0.39 is 4.92 Å². The first-order valence-electron chi connectivity index (χ1n) is 9.49. The number of fused-ring (bicyclic) bond motifs is 2. The molecule has 0 radical (unpaired) electrons. The van der Waals surface area contributed by atoms with Crippen LogP contribution in [0.15, 0.2) is 39.9 Å². The van der Waals surface area contributed by atoms with Crippen molar-refractivity contribution in [3.63, 3.8) is 0 Å². The highest BCUT2D eigenvalue weighted by molar-refractivity contribution is 5.79. The maximum Gasteiger partial charge on any atom is 0.270 e. The average Bonchev–Trinajstić information content (AvgIpc) is 2.68. The molecule has 1 aromatic carbocycles. The Morgan fingerprint density at radius 3 is 2.83 bits per heavy atom. The predicted octanol–water partition coefficient (Wildman–Crippen LogP) is 3.35. The third-order valence-corrected chi connectivity index (χ3v) is 5.12. The molecule has 1 aliphatic rings. The van der Waals surface area contributed by atoms with Gasteiger partial charge in [-0.2, -0.15) is 0 Å². The van der Waals surface area contributed by atoms with Gasteiger partial charge in [-0.1, -0.05) is 20.8 Å². The molecule has 8 nitrogen and oxygen atoms in total. The lowest BCUT2D eigenvalue weighted by Crippen LogP contribution is -2.33. The van der Waals surface area contributed by atoms with E-state index in [1.165, 1.54) is 24.5 Å². The second kappa shape index (κ2) is 7.04. The molecule has 4 rings (SSSR count). The fourth-order valence-corrected chi connectivity index (χ4v) is 3.49. The Kier molecular flexibility index (Phi) is 4.66. The molecule has 3 heterocycles. The molecule has 0 saturated carbocycles. The Labute approximate surface area is 167 Å². The highest BCUT2D eigenvalue weighted by Gasteiger charge is 2.23. The van der Waals surface area contributed by atoms with Crippen molar-refractivity contribution >= 4 is 16.7 Å². The maximum absolute atomic E-state index is 12.8. The van der Waals surface area contributed by atoms with E-state index in [0.717, 1.165) is 30.0 Å². The van der Waals surface area contributed by atoms with Crippen molar-refractivity contribution in [2.75, 3.05) is 6.54 Å². The summed E-state index contributed by atoms with van der Waals surface area (Å²) < 4.78 is 5.55. The van der Waals surface area contributed by atoms with Crippen LogP contribution in [0.1, 0.15) is 43.4 Å². The van der Waals surface area contributed by atoms with Crippen molar-refractivity contribution in [1.82, 2.24) is 14.9 Å². The molecule has 0 fully saturated rings. The van der Waals surface area contributed by atoms with Gasteiger partial charge in [0.15, 0.2) is 5.43 Å². The van der Waals surface area contributed by atoms with Crippen molar-refractivity contribution in [3.8, 4) is 0 Å². The number of non-ortho nitro benzene ring substituents is 1. The van der Waals surface area contributed by atoms with Crippen LogP contribution in [0.4, 0.5) is 5.69 Å². The van der Waals surface area contributed by atoms with E-state index in [1.54, 1.807) is 0 Å². The number of nitrogens with zero attached hydrogens (tertiary/aromatic N) is 4. The monoisotopic (exact) mass is 394 g/mol. The van der Waals surface area contributed by atoms with Gasteiger partial charge in [-0.25, -0.2) is 9.97 Å². The highest BCUT2D eigenvalue weighted by atomic mass is 16.6. The first kappa shape index (κ1) is 19.2. The molecule has 0 N–H and O–H groups in total. The van der Waals surface area contributed by atoms with Crippen LogP contribution in [0.5, 0.6) is 0 Å². The Hall–Kier alpha value is -3.13. The fourth-order valence-electron chi connectivity index (χ4n) is 3.49.